The van der Waals surface area contributed by atoms with E-state index in [1.807, 2.05) is 24.3 Å². The maximum Gasteiger partial charge on any atom is 0.335 e. The van der Waals surface area contributed by atoms with Crippen molar-refractivity contribution in [3.8, 4) is 28.4 Å². The van der Waals surface area contributed by atoms with Crippen LogP contribution in [-0.4, -0.2) is 44.2 Å². The first-order valence-corrected chi connectivity index (χ1v) is 12.1. The zero-order valence-electron chi connectivity index (χ0n) is 20.6. The van der Waals surface area contributed by atoms with Crippen LogP contribution in [0.4, 0.5) is 14.5 Å². The van der Waals surface area contributed by atoms with Crippen molar-refractivity contribution < 1.29 is 23.4 Å². The fourth-order valence-corrected chi connectivity index (χ4v) is 4.07. The van der Waals surface area contributed by atoms with Crippen molar-refractivity contribution in [2.45, 2.75) is 13.0 Å². The Morgan fingerprint density at radius 2 is 1.92 bits per heavy atom. The number of rotatable bonds is 10. The lowest BCUT2D eigenvalue weighted by Gasteiger charge is -2.08. The third kappa shape index (κ3) is 5.83. The Bertz CT molecular complexity index is 1640. The maximum atomic E-state index is 13.4. The number of nitrogens with two attached hydrogens (primary N) is 1. The minimum Gasteiger partial charge on any atom is -0.491 e. The Morgan fingerprint density at radius 3 is 2.72 bits per heavy atom. The Balaban J connectivity index is 1.54. The highest BCUT2D eigenvalue weighted by Crippen LogP contribution is 2.33. The number of ether oxygens (including phenoxy) is 1. The summed E-state index contributed by atoms with van der Waals surface area (Å²) in [5, 5.41) is 13.2. The van der Waals surface area contributed by atoms with Crippen LogP contribution in [0.5, 0.6) is 5.75 Å². The van der Waals surface area contributed by atoms with Crippen LogP contribution in [0.3, 0.4) is 0 Å². The second-order valence-electron chi connectivity index (χ2n) is 8.61. The number of halogens is 2. The van der Waals surface area contributed by atoms with Crippen LogP contribution in [0.2, 0.25) is 0 Å². The summed E-state index contributed by atoms with van der Waals surface area (Å²) < 4.78 is 32.5. The molecule has 11 heteroatoms. The third-order valence-corrected chi connectivity index (χ3v) is 5.89. The Morgan fingerprint density at radius 1 is 1.08 bits per heavy atom. The molecular weight excluding hydrogens is 506 g/mol. The molecule has 0 aliphatic heterocycles. The number of nitrogens with one attached hydrogen (secondary N) is 2. The Kier molecular flexibility index (Phi) is 7.41. The second kappa shape index (κ2) is 11.2. The van der Waals surface area contributed by atoms with E-state index in [1.54, 1.807) is 24.4 Å². The quantitative estimate of drug-likeness (QED) is 0.191. The minimum absolute atomic E-state index is 0.147. The van der Waals surface area contributed by atoms with Gasteiger partial charge in [0.1, 0.15) is 23.9 Å². The number of hydrogen-bond donors (Lipinski definition) is 4. The first-order valence-electron chi connectivity index (χ1n) is 12.1. The number of H-pyrrole nitrogens is 1. The van der Waals surface area contributed by atoms with E-state index in [0.29, 0.717) is 47.5 Å². The number of aromatic carboxylic acids is 1. The van der Waals surface area contributed by atoms with Crippen LogP contribution in [0.15, 0.2) is 72.9 Å². The highest BCUT2D eigenvalue weighted by atomic mass is 19.3. The van der Waals surface area contributed by atoms with Gasteiger partial charge in [-0.3, -0.25) is 4.98 Å². The number of alkyl halides is 2. The fraction of sp³-hybridized carbons (Fsp3) is 0.143. The number of benzene rings is 2. The summed E-state index contributed by atoms with van der Waals surface area (Å²) in [6.45, 7) is 0.946. The van der Waals surface area contributed by atoms with Crippen molar-refractivity contribution in [3.63, 3.8) is 0 Å². The number of carboxylic acid groups (broad SMARTS) is 1. The Labute approximate surface area is 221 Å². The summed E-state index contributed by atoms with van der Waals surface area (Å²) in [6, 6.07) is 18.3. The van der Waals surface area contributed by atoms with E-state index in [2.05, 4.69) is 20.3 Å². The van der Waals surface area contributed by atoms with Gasteiger partial charge < -0.3 is 25.9 Å². The summed E-state index contributed by atoms with van der Waals surface area (Å²) in [7, 11) is 0. The van der Waals surface area contributed by atoms with Gasteiger partial charge in [0.25, 0.3) is 6.43 Å². The molecule has 3 aromatic heterocycles. The smallest absolute Gasteiger partial charge is 0.335 e. The summed E-state index contributed by atoms with van der Waals surface area (Å²) >= 11 is 0. The highest BCUT2D eigenvalue weighted by molar-refractivity contribution is 5.89. The van der Waals surface area contributed by atoms with Gasteiger partial charge in [0.05, 0.1) is 40.9 Å². The van der Waals surface area contributed by atoms with E-state index >= 15 is 0 Å². The van der Waals surface area contributed by atoms with Crippen LogP contribution in [-0.2, 0) is 6.54 Å². The number of anilines is 1. The van der Waals surface area contributed by atoms with Gasteiger partial charge in [0.2, 0.25) is 0 Å². The van der Waals surface area contributed by atoms with Crippen molar-refractivity contribution in [3.05, 3.63) is 90.0 Å². The molecule has 39 heavy (non-hydrogen) atoms. The predicted molar refractivity (Wildman–Crippen MR) is 143 cm³/mol. The lowest BCUT2D eigenvalue weighted by Crippen LogP contribution is -2.10. The number of fused-ring (bicyclic) bond motifs is 1. The average molecular weight is 531 g/mol. The van der Waals surface area contributed by atoms with Crippen LogP contribution in [0.1, 0.15) is 28.3 Å². The maximum absolute atomic E-state index is 13.4. The number of pyridine rings is 2. The molecule has 0 atom stereocenters. The van der Waals surface area contributed by atoms with Crippen LogP contribution < -0.4 is 15.8 Å². The van der Waals surface area contributed by atoms with Gasteiger partial charge in [0, 0.05) is 23.2 Å². The molecule has 0 radical (unpaired) electrons. The largest absolute Gasteiger partial charge is 0.491 e. The SMILES string of the molecule is NCCOc1cnc2ccc(-c3nc(CNc4cccc(C(=O)O)c4)[nH]c3-c3cccc(C(F)F)n3)cc2c1. The highest BCUT2D eigenvalue weighted by Gasteiger charge is 2.18. The number of carboxylic acids is 1. The van der Waals surface area contributed by atoms with E-state index in [1.165, 1.54) is 24.3 Å². The number of carbonyl (C=O) groups is 1. The molecule has 0 fully saturated rings. The van der Waals surface area contributed by atoms with Gasteiger partial charge in [-0.15, -0.1) is 0 Å². The zero-order valence-corrected chi connectivity index (χ0v) is 20.6. The molecule has 0 spiro atoms. The summed E-state index contributed by atoms with van der Waals surface area (Å²) in [6.07, 6.45) is -1.10. The van der Waals surface area contributed by atoms with Crippen molar-refractivity contribution in [1.82, 2.24) is 19.9 Å². The first-order chi connectivity index (χ1) is 18.9. The van der Waals surface area contributed by atoms with E-state index < -0.39 is 12.4 Å². The van der Waals surface area contributed by atoms with Crippen molar-refractivity contribution in [2.24, 2.45) is 5.73 Å². The molecule has 5 N–H and O–H groups in total. The molecule has 0 amide bonds. The molecule has 5 aromatic rings. The molecule has 0 saturated heterocycles. The average Bonchev–Trinajstić information content (AvgIpc) is 3.39. The first kappa shape index (κ1) is 25.7. The molecule has 5 rings (SSSR count). The number of aromatic nitrogens is 4. The molecule has 0 saturated carbocycles. The van der Waals surface area contributed by atoms with Crippen molar-refractivity contribution >= 4 is 22.6 Å². The standard InChI is InChI=1S/C28H24F2N6O3/c29-27(30)23-6-2-5-22(34-23)26-25(16-7-8-21-18(11-16)13-20(14-33-21)39-10-9-31)35-24(36-26)15-32-19-4-1-3-17(12-19)28(37)38/h1-8,11-14,27,32H,9-10,15,31H2,(H,35,36)(H,37,38). The molecule has 2 aromatic carbocycles. The van der Waals surface area contributed by atoms with Gasteiger partial charge >= 0.3 is 5.97 Å². The van der Waals surface area contributed by atoms with Crippen LogP contribution in [0.25, 0.3) is 33.5 Å². The monoisotopic (exact) mass is 530 g/mol. The molecule has 198 valence electrons. The minimum atomic E-state index is -2.72. The van der Waals surface area contributed by atoms with E-state index in [0.717, 1.165) is 16.5 Å². The van der Waals surface area contributed by atoms with Gasteiger partial charge in [-0.1, -0.05) is 18.2 Å². The molecule has 3 heterocycles. The number of hydrogen-bond acceptors (Lipinski definition) is 7. The number of aromatic amines is 1. The third-order valence-electron chi connectivity index (χ3n) is 5.89. The Hall–Kier alpha value is -4.90. The van der Waals surface area contributed by atoms with Crippen LogP contribution in [0, 0.1) is 0 Å². The molecule has 0 aliphatic rings. The van der Waals surface area contributed by atoms with Crippen LogP contribution >= 0.6 is 0 Å². The zero-order chi connectivity index (χ0) is 27.4. The summed E-state index contributed by atoms with van der Waals surface area (Å²) in [4.78, 5) is 27.8. The number of nitrogens with zero attached hydrogens (tertiary/aromatic N) is 3. The predicted octanol–water partition coefficient (Wildman–Crippen LogP) is 5.27. The van der Waals surface area contributed by atoms with Gasteiger partial charge in [-0.05, 0) is 48.5 Å². The van der Waals surface area contributed by atoms with Crippen molar-refractivity contribution in [2.75, 3.05) is 18.5 Å². The molecule has 9 nitrogen and oxygen atoms in total. The van der Waals surface area contributed by atoms with Gasteiger partial charge in [0.15, 0.2) is 0 Å². The molecule has 0 aliphatic carbocycles. The van der Waals surface area contributed by atoms with E-state index in [-0.39, 0.29) is 17.8 Å². The van der Waals surface area contributed by atoms with Gasteiger partial charge in [-0.25, -0.2) is 23.5 Å². The summed E-state index contributed by atoms with van der Waals surface area (Å²) in [5.74, 6) is 0.0453. The van der Waals surface area contributed by atoms with E-state index in [4.69, 9.17) is 15.5 Å². The topological polar surface area (TPSA) is 139 Å². The lowest BCUT2D eigenvalue weighted by atomic mass is 10.1. The molecule has 0 unspecified atom stereocenters. The normalized spacial score (nSPS) is 11.2. The van der Waals surface area contributed by atoms with Gasteiger partial charge in [-0.2, -0.15) is 0 Å². The van der Waals surface area contributed by atoms with E-state index in [9.17, 15) is 18.7 Å². The molecule has 0 bridgehead atoms. The fourth-order valence-electron chi connectivity index (χ4n) is 4.07. The number of imidazole rings is 1. The van der Waals surface area contributed by atoms with Crippen molar-refractivity contribution in [1.29, 1.82) is 0 Å². The summed E-state index contributed by atoms with van der Waals surface area (Å²) in [5.41, 5.74) is 8.68. The second-order valence-corrected chi connectivity index (χ2v) is 8.61. The molecular formula is C28H24F2N6O3. The lowest BCUT2D eigenvalue weighted by molar-refractivity contribution is 0.0697.